The number of anilines is 1. The predicted octanol–water partition coefficient (Wildman–Crippen LogP) is 4.08. The van der Waals surface area contributed by atoms with Gasteiger partial charge in [-0.3, -0.25) is 4.98 Å². The van der Waals surface area contributed by atoms with Crippen molar-refractivity contribution in [3.8, 4) is 11.3 Å². The van der Waals surface area contributed by atoms with Gasteiger partial charge >= 0.3 is 5.97 Å². The first-order chi connectivity index (χ1) is 9.45. The second-order valence-corrected chi connectivity index (χ2v) is 5.08. The standard InChI is InChI=1S/C13H9Cl3N2O2/c1-20-13(19)6-2-3-18-12(11(6)17)7-4-9(15)10(16)5-8(7)14/h2-5H,17H2,1H3. The van der Waals surface area contributed by atoms with E-state index in [0.29, 0.717) is 26.3 Å². The summed E-state index contributed by atoms with van der Waals surface area (Å²) in [7, 11) is 1.27. The van der Waals surface area contributed by atoms with Gasteiger partial charge in [0, 0.05) is 11.8 Å². The minimum atomic E-state index is -0.553. The maximum atomic E-state index is 11.6. The Morgan fingerprint density at radius 3 is 2.50 bits per heavy atom. The van der Waals surface area contributed by atoms with Gasteiger partial charge in [0.25, 0.3) is 0 Å². The van der Waals surface area contributed by atoms with Crippen LogP contribution in [0.15, 0.2) is 24.4 Å². The van der Waals surface area contributed by atoms with Gasteiger partial charge < -0.3 is 10.5 Å². The number of benzene rings is 1. The van der Waals surface area contributed by atoms with Gasteiger partial charge in [-0.05, 0) is 18.2 Å². The maximum absolute atomic E-state index is 11.6. The normalized spacial score (nSPS) is 10.4. The second-order valence-electron chi connectivity index (χ2n) is 3.86. The third-order valence-electron chi connectivity index (χ3n) is 2.66. The van der Waals surface area contributed by atoms with Gasteiger partial charge in [0.05, 0.1) is 39.1 Å². The number of methoxy groups -OCH3 is 1. The first kappa shape index (κ1) is 14.9. The summed E-state index contributed by atoms with van der Waals surface area (Å²) in [4.78, 5) is 15.8. The molecule has 2 rings (SSSR count). The summed E-state index contributed by atoms with van der Waals surface area (Å²) >= 11 is 18.0. The van der Waals surface area contributed by atoms with Crippen LogP contribution >= 0.6 is 34.8 Å². The largest absolute Gasteiger partial charge is 0.465 e. The van der Waals surface area contributed by atoms with Crippen LogP contribution in [0.1, 0.15) is 10.4 Å². The number of nitrogen functional groups attached to an aromatic ring is 1. The van der Waals surface area contributed by atoms with Crippen LogP contribution in [0.5, 0.6) is 0 Å². The first-order valence-electron chi connectivity index (χ1n) is 5.43. The average Bonchev–Trinajstić information content (AvgIpc) is 2.42. The number of esters is 1. The van der Waals surface area contributed by atoms with Gasteiger partial charge in [-0.2, -0.15) is 0 Å². The van der Waals surface area contributed by atoms with Crippen LogP contribution in [-0.4, -0.2) is 18.1 Å². The number of halogens is 3. The summed E-state index contributed by atoms with van der Waals surface area (Å²) in [6, 6.07) is 4.51. The van der Waals surface area contributed by atoms with E-state index in [9.17, 15) is 4.79 Å². The molecule has 4 nitrogen and oxygen atoms in total. The summed E-state index contributed by atoms with van der Waals surface area (Å²) in [5, 5.41) is 0.972. The summed E-state index contributed by atoms with van der Waals surface area (Å²) in [5.74, 6) is -0.553. The van der Waals surface area contributed by atoms with Gasteiger partial charge in [0.1, 0.15) is 0 Å². The van der Waals surface area contributed by atoms with Crippen molar-refractivity contribution >= 4 is 46.5 Å². The molecule has 1 heterocycles. The van der Waals surface area contributed by atoms with E-state index in [1.807, 2.05) is 0 Å². The monoisotopic (exact) mass is 330 g/mol. The topological polar surface area (TPSA) is 65.2 Å². The zero-order valence-corrected chi connectivity index (χ0v) is 12.6. The van der Waals surface area contributed by atoms with Crippen LogP contribution < -0.4 is 5.73 Å². The minimum absolute atomic E-state index is 0.166. The smallest absolute Gasteiger partial charge is 0.340 e. The lowest BCUT2D eigenvalue weighted by Crippen LogP contribution is -2.07. The molecule has 0 aliphatic rings. The molecule has 1 aromatic carbocycles. The van der Waals surface area contributed by atoms with E-state index < -0.39 is 5.97 Å². The zero-order chi connectivity index (χ0) is 14.9. The van der Waals surface area contributed by atoms with Crippen LogP contribution in [0.25, 0.3) is 11.3 Å². The zero-order valence-electron chi connectivity index (χ0n) is 10.3. The van der Waals surface area contributed by atoms with Crippen molar-refractivity contribution in [1.82, 2.24) is 4.98 Å². The lowest BCUT2D eigenvalue weighted by atomic mass is 10.1. The number of carbonyl (C=O) groups excluding carboxylic acids is 1. The van der Waals surface area contributed by atoms with Crippen LogP contribution in [0.2, 0.25) is 15.1 Å². The molecule has 0 radical (unpaired) electrons. The van der Waals surface area contributed by atoms with E-state index in [0.717, 1.165) is 0 Å². The summed E-state index contributed by atoms with van der Waals surface area (Å²) in [5.41, 5.74) is 7.16. The van der Waals surface area contributed by atoms with Crippen molar-refractivity contribution in [2.45, 2.75) is 0 Å². The molecule has 20 heavy (non-hydrogen) atoms. The van der Waals surface area contributed by atoms with Crippen molar-refractivity contribution in [3.05, 3.63) is 45.0 Å². The molecular weight excluding hydrogens is 323 g/mol. The van der Waals surface area contributed by atoms with E-state index in [2.05, 4.69) is 9.72 Å². The Bertz CT molecular complexity index is 690. The Kier molecular flexibility index (Phi) is 4.38. The van der Waals surface area contributed by atoms with Gasteiger partial charge in [-0.25, -0.2) is 4.79 Å². The van der Waals surface area contributed by atoms with E-state index in [1.165, 1.54) is 25.4 Å². The molecule has 0 fully saturated rings. The van der Waals surface area contributed by atoms with Crippen LogP contribution in [-0.2, 0) is 4.74 Å². The van der Waals surface area contributed by atoms with Gasteiger partial charge in [0.15, 0.2) is 0 Å². The predicted molar refractivity (Wildman–Crippen MR) is 80.5 cm³/mol. The van der Waals surface area contributed by atoms with Crippen molar-refractivity contribution < 1.29 is 9.53 Å². The number of hydrogen-bond acceptors (Lipinski definition) is 4. The third kappa shape index (κ3) is 2.68. The Morgan fingerprint density at radius 2 is 1.85 bits per heavy atom. The molecule has 0 amide bonds. The molecule has 0 atom stereocenters. The molecule has 0 aliphatic carbocycles. The lowest BCUT2D eigenvalue weighted by Gasteiger charge is -2.11. The molecule has 2 aromatic rings. The summed E-state index contributed by atoms with van der Waals surface area (Å²) < 4.78 is 4.65. The minimum Gasteiger partial charge on any atom is -0.465 e. The highest BCUT2D eigenvalue weighted by Crippen LogP contribution is 2.37. The Morgan fingerprint density at radius 1 is 1.20 bits per heavy atom. The van der Waals surface area contributed by atoms with E-state index in [4.69, 9.17) is 40.5 Å². The van der Waals surface area contributed by atoms with Crippen LogP contribution in [0.4, 0.5) is 5.69 Å². The molecule has 0 spiro atoms. The quantitative estimate of drug-likeness (QED) is 0.665. The van der Waals surface area contributed by atoms with E-state index in [1.54, 1.807) is 6.07 Å². The first-order valence-corrected chi connectivity index (χ1v) is 6.56. The second kappa shape index (κ2) is 5.87. The fourth-order valence-electron chi connectivity index (χ4n) is 1.68. The summed E-state index contributed by atoms with van der Waals surface area (Å²) in [6.45, 7) is 0. The molecule has 0 bridgehead atoms. The number of hydrogen-bond donors (Lipinski definition) is 1. The number of nitrogens with two attached hydrogens (primary N) is 1. The highest BCUT2D eigenvalue weighted by Gasteiger charge is 2.17. The Labute approximate surface area is 130 Å². The maximum Gasteiger partial charge on any atom is 0.340 e. The van der Waals surface area contributed by atoms with Gasteiger partial charge in [-0.15, -0.1) is 0 Å². The van der Waals surface area contributed by atoms with E-state index in [-0.39, 0.29) is 11.3 Å². The molecule has 0 saturated heterocycles. The van der Waals surface area contributed by atoms with Crippen molar-refractivity contribution in [2.24, 2.45) is 0 Å². The number of nitrogens with zero attached hydrogens (tertiary/aromatic N) is 1. The molecule has 2 N–H and O–H groups in total. The van der Waals surface area contributed by atoms with Crippen LogP contribution in [0, 0.1) is 0 Å². The molecule has 0 saturated carbocycles. The molecule has 104 valence electrons. The molecular formula is C13H9Cl3N2O2. The van der Waals surface area contributed by atoms with Crippen LogP contribution in [0.3, 0.4) is 0 Å². The lowest BCUT2D eigenvalue weighted by molar-refractivity contribution is 0.0602. The molecule has 7 heteroatoms. The van der Waals surface area contributed by atoms with Gasteiger partial charge in [0.2, 0.25) is 0 Å². The number of pyridine rings is 1. The average molecular weight is 332 g/mol. The van der Waals surface area contributed by atoms with Crippen molar-refractivity contribution in [3.63, 3.8) is 0 Å². The Hall–Kier alpha value is -1.49. The Balaban J connectivity index is 2.65. The summed E-state index contributed by atoms with van der Waals surface area (Å²) in [6.07, 6.45) is 1.44. The molecule has 1 aromatic heterocycles. The SMILES string of the molecule is COC(=O)c1ccnc(-c2cc(Cl)c(Cl)cc2Cl)c1N. The molecule has 0 aliphatic heterocycles. The highest BCUT2D eigenvalue weighted by atomic mass is 35.5. The third-order valence-corrected chi connectivity index (χ3v) is 3.70. The van der Waals surface area contributed by atoms with Crippen molar-refractivity contribution in [1.29, 1.82) is 0 Å². The number of carbonyl (C=O) groups is 1. The highest BCUT2D eigenvalue weighted by molar-refractivity contribution is 6.44. The number of ether oxygens (including phenoxy) is 1. The molecule has 0 unspecified atom stereocenters. The van der Waals surface area contributed by atoms with Crippen molar-refractivity contribution in [2.75, 3.05) is 12.8 Å². The fraction of sp³-hybridized carbons (Fsp3) is 0.0769. The number of rotatable bonds is 2. The number of aromatic nitrogens is 1. The van der Waals surface area contributed by atoms with Gasteiger partial charge in [-0.1, -0.05) is 34.8 Å². The van der Waals surface area contributed by atoms with E-state index >= 15 is 0 Å². The fourth-order valence-corrected chi connectivity index (χ4v) is 2.32.